The largest absolute Gasteiger partial charge is 0.507 e. The molecule has 4 N–H and O–H groups in total. The zero-order valence-corrected chi connectivity index (χ0v) is 17.2. The van der Waals surface area contributed by atoms with Gasteiger partial charge in [-0.15, -0.1) is 0 Å². The number of allylic oxidation sites excluding steroid dienone is 2. The fourth-order valence-electron chi connectivity index (χ4n) is 3.82. The number of phenolic OH excluding ortho intramolecular Hbond substituents is 3. The number of rotatable bonds is 3. The Kier molecular flexibility index (Phi) is 4.47. The van der Waals surface area contributed by atoms with Gasteiger partial charge in [-0.1, -0.05) is 11.6 Å². The van der Waals surface area contributed by atoms with Gasteiger partial charge in [0, 0.05) is 29.7 Å². The number of phenols is 3. The lowest BCUT2D eigenvalue weighted by Crippen LogP contribution is -2.39. The van der Waals surface area contributed by atoms with Gasteiger partial charge in [0.1, 0.15) is 34.2 Å². The first-order valence-electron chi connectivity index (χ1n) is 9.70. The Morgan fingerprint density at radius 2 is 1.77 bits per heavy atom. The Morgan fingerprint density at radius 1 is 1.13 bits per heavy atom. The number of benzene rings is 2. The molecule has 1 atom stereocenters. The summed E-state index contributed by atoms with van der Waals surface area (Å²) < 4.78 is 11.5. The van der Waals surface area contributed by atoms with Crippen LogP contribution in [0.5, 0.6) is 23.0 Å². The third kappa shape index (κ3) is 3.06. The van der Waals surface area contributed by atoms with Crippen molar-refractivity contribution in [3.63, 3.8) is 0 Å². The average Bonchev–Trinajstić information content (AvgIpc) is 3.07. The van der Waals surface area contributed by atoms with Crippen LogP contribution in [0, 0.1) is 0 Å². The van der Waals surface area contributed by atoms with Crippen molar-refractivity contribution in [2.75, 3.05) is 0 Å². The smallest absolute Gasteiger partial charge is 0.204 e. The van der Waals surface area contributed by atoms with Gasteiger partial charge in [-0.3, -0.25) is 4.79 Å². The summed E-state index contributed by atoms with van der Waals surface area (Å²) in [6, 6.07) is 2.57. The lowest BCUT2D eigenvalue weighted by Gasteiger charge is -2.24. The second-order valence-electron chi connectivity index (χ2n) is 8.55. The summed E-state index contributed by atoms with van der Waals surface area (Å²) in [6.45, 7) is 6.97. The van der Waals surface area contributed by atoms with E-state index in [1.165, 1.54) is 12.1 Å². The van der Waals surface area contributed by atoms with E-state index in [4.69, 9.17) is 9.15 Å². The van der Waals surface area contributed by atoms with Crippen molar-refractivity contribution >= 4 is 21.9 Å². The highest BCUT2D eigenvalue weighted by atomic mass is 16.5. The normalized spacial score (nSPS) is 16.0. The van der Waals surface area contributed by atoms with Crippen LogP contribution in [0.3, 0.4) is 0 Å². The zero-order valence-electron chi connectivity index (χ0n) is 17.2. The van der Waals surface area contributed by atoms with Crippen LogP contribution in [0.15, 0.2) is 33.0 Å². The molecule has 1 aliphatic heterocycles. The SMILES string of the molecule is CC(C)=CCc1c(O)cc2oc3cc(O)c4c(c3c(=O)c2c1O)C[C@@H](C(C)(C)O)O4. The molecule has 0 amide bonds. The number of hydrogen-bond donors (Lipinski definition) is 4. The molecule has 0 radical (unpaired) electrons. The van der Waals surface area contributed by atoms with Crippen molar-refractivity contribution in [2.24, 2.45) is 0 Å². The lowest BCUT2D eigenvalue weighted by atomic mass is 9.94. The summed E-state index contributed by atoms with van der Waals surface area (Å²) in [5, 5.41) is 42.0. The monoisotopic (exact) mass is 412 g/mol. The molecular formula is C23H24O7. The van der Waals surface area contributed by atoms with E-state index in [9.17, 15) is 25.2 Å². The molecule has 0 aliphatic carbocycles. The highest BCUT2D eigenvalue weighted by Gasteiger charge is 2.38. The fraction of sp³-hybridized carbons (Fsp3) is 0.348. The van der Waals surface area contributed by atoms with Crippen LogP contribution >= 0.6 is 0 Å². The summed E-state index contributed by atoms with van der Waals surface area (Å²) >= 11 is 0. The number of fused-ring (bicyclic) bond motifs is 4. The maximum atomic E-state index is 13.4. The molecular weight excluding hydrogens is 388 g/mol. The molecule has 1 aliphatic rings. The van der Waals surface area contributed by atoms with Gasteiger partial charge in [0.05, 0.1) is 11.0 Å². The Bertz CT molecular complexity index is 1270. The average molecular weight is 412 g/mol. The Labute approximate surface area is 172 Å². The minimum absolute atomic E-state index is 0.0146. The highest BCUT2D eigenvalue weighted by Crippen LogP contribution is 2.45. The molecule has 0 saturated carbocycles. The van der Waals surface area contributed by atoms with Crippen molar-refractivity contribution < 1.29 is 29.6 Å². The summed E-state index contributed by atoms with van der Waals surface area (Å²) in [7, 11) is 0. The van der Waals surface area contributed by atoms with Crippen LogP contribution in [0.25, 0.3) is 21.9 Å². The van der Waals surface area contributed by atoms with Crippen molar-refractivity contribution in [3.05, 3.63) is 45.1 Å². The van der Waals surface area contributed by atoms with E-state index in [0.29, 0.717) is 5.56 Å². The quantitative estimate of drug-likeness (QED) is 0.383. The van der Waals surface area contributed by atoms with Crippen molar-refractivity contribution in [2.45, 2.75) is 52.2 Å². The second-order valence-corrected chi connectivity index (χ2v) is 8.55. The predicted molar refractivity (Wildman–Crippen MR) is 113 cm³/mol. The van der Waals surface area contributed by atoms with Gasteiger partial charge in [-0.25, -0.2) is 0 Å². The molecule has 3 aromatic rings. The molecule has 0 spiro atoms. The Morgan fingerprint density at radius 3 is 2.40 bits per heavy atom. The molecule has 30 heavy (non-hydrogen) atoms. The van der Waals surface area contributed by atoms with E-state index in [-0.39, 0.29) is 63.3 Å². The molecule has 0 saturated heterocycles. The molecule has 0 bridgehead atoms. The first kappa shape index (κ1) is 20.1. The minimum atomic E-state index is -1.19. The van der Waals surface area contributed by atoms with Crippen molar-refractivity contribution in [3.8, 4) is 23.0 Å². The van der Waals surface area contributed by atoms with Crippen molar-refractivity contribution in [1.82, 2.24) is 0 Å². The van der Waals surface area contributed by atoms with Gasteiger partial charge in [0.25, 0.3) is 0 Å². The third-order valence-electron chi connectivity index (χ3n) is 5.49. The fourth-order valence-corrected chi connectivity index (χ4v) is 3.82. The maximum Gasteiger partial charge on any atom is 0.204 e. The summed E-state index contributed by atoms with van der Waals surface area (Å²) in [4.78, 5) is 13.4. The highest BCUT2D eigenvalue weighted by molar-refractivity contribution is 5.98. The molecule has 0 unspecified atom stereocenters. The number of hydrogen-bond acceptors (Lipinski definition) is 7. The van der Waals surface area contributed by atoms with Gasteiger partial charge in [0.2, 0.25) is 5.43 Å². The van der Waals surface area contributed by atoms with Crippen LogP contribution in [0.1, 0.15) is 38.8 Å². The van der Waals surface area contributed by atoms with Gasteiger partial charge >= 0.3 is 0 Å². The summed E-state index contributed by atoms with van der Waals surface area (Å²) in [6.07, 6.45) is 1.63. The van der Waals surface area contributed by atoms with Gasteiger partial charge in [0.15, 0.2) is 11.5 Å². The predicted octanol–water partition coefficient (Wildman–Crippen LogP) is 3.65. The van der Waals surface area contributed by atoms with E-state index < -0.39 is 17.1 Å². The standard InChI is InChI=1S/C23H24O7/c1-10(2)5-6-11-13(24)8-16-19(20(11)26)21(27)18-12-7-17(23(3,4)28)30-22(12)14(25)9-15(18)29-16/h5,8-9,17,24-26,28H,6-7H2,1-4H3/t17-/m0/s1. The third-order valence-corrected chi connectivity index (χ3v) is 5.49. The zero-order chi connectivity index (χ0) is 22.0. The molecule has 158 valence electrons. The number of aromatic hydroxyl groups is 3. The van der Waals surface area contributed by atoms with Crippen molar-refractivity contribution in [1.29, 1.82) is 0 Å². The van der Waals surface area contributed by atoms with E-state index in [0.717, 1.165) is 5.57 Å². The Balaban J connectivity index is 2.03. The molecule has 2 aromatic carbocycles. The minimum Gasteiger partial charge on any atom is -0.507 e. The molecule has 7 heteroatoms. The Hall–Kier alpha value is -3.19. The summed E-state index contributed by atoms with van der Waals surface area (Å²) in [5.41, 5.74) is 0.101. The number of ether oxygens (including phenoxy) is 1. The molecule has 4 rings (SSSR count). The molecule has 7 nitrogen and oxygen atoms in total. The maximum absolute atomic E-state index is 13.4. The van der Waals surface area contributed by atoms with Gasteiger partial charge in [-0.05, 0) is 34.1 Å². The van der Waals surface area contributed by atoms with E-state index in [2.05, 4.69) is 0 Å². The first-order valence-corrected chi connectivity index (χ1v) is 9.70. The first-order chi connectivity index (χ1) is 14.0. The van der Waals surface area contributed by atoms with Crippen LogP contribution in [-0.4, -0.2) is 32.1 Å². The van der Waals surface area contributed by atoms with Crippen LogP contribution in [0.2, 0.25) is 0 Å². The number of aliphatic hydroxyl groups is 1. The summed E-state index contributed by atoms with van der Waals surface area (Å²) in [5.74, 6) is -0.599. The van der Waals surface area contributed by atoms with Gasteiger partial charge < -0.3 is 29.6 Å². The van der Waals surface area contributed by atoms with Gasteiger partial charge in [-0.2, -0.15) is 0 Å². The molecule has 2 heterocycles. The van der Waals surface area contributed by atoms with E-state index in [1.54, 1.807) is 13.8 Å². The van der Waals surface area contributed by atoms with E-state index in [1.807, 2.05) is 19.9 Å². The topological polar surface area (TPSA) is 120 Å². The van der Waals surface area contributed by atoms with E-state index >= 15 is 0 Å². The lowest BCUT2D eigenvalue weighted by molar-refractivity contribution is -0.0235. The molecule has 0 fully saturated rings. The molecule has 1 aromatic heterocycles. The van der Waals surface area contributed by atoms with Crippen LogP contribution < -0.4 is 10.2 Å². The van der Waals surface area contributed by atoms with Crippen LogP contribution in [-0.2, 0) is 12.8 Å². The van der Waals surface area contributed by atoms with Crippen LogP contribution in [0.4, 0.5) is 0 Å². The second kappa shape index (κ2) is 6.67.